The molecule has 2 N–H and O–H groups in total. The smallest absolute Gasteiger partial charge is 0.220 e. The number of hydrogen-bond donors (Lipinski definition) is 2. The van der Waals surface area contributed by atoms with Gasteiger partial charge in [0.15, 0.2) is 0 Å². The molecule has 0 aliphatic heterocycles. The number of aliphatic hydroxyl groups is 1. The van der Waals surface area contributed by atoms with Gasteiger partial charge < -0.3 is 10.4 Å². The van der Waals surface area contributed by atoms with Gasteiger partial charge >= 0.3 is 0 Å². The van der Waals surface area contributed by atoms with Crippen LogP contribution >= 0.6 is 0 Å². The number of aliphatic hydroxyl groups excluding tert-OH is 1. The van der Waals surface area contributed by atoms with Crippen LogP contribution in [0, 0.1) is 13.8 Å². The molecular formula is C13H23N3O2. The Balaban J connectivity index is 2.34. The van der Waals surface area contributed by atoms with Crippen LogP contribution in [0.1, 0.15) is 36.2 Å². The van der Waals surface area contributed by atoms with Crippen molar-refractivity contribution in [3.8, 4) is 0 Å². The van der Waals surface area contributed by atoms with Crippen LogP contribution < -0.4 is 5.32 Å². The van der Waals surface area contributed by atoms with Gasteiger partial charge in [0.1, 0.15) is 0 Å². The van der Waals surface area contributed by atoms with Gasteiger partial charge in [-0.3, -0.25) is 9.48 Å². The second-order valence-corrected chi connectivity index (χ2v) is 4.55. The van der Waals surface area contributed by atoms with Crippen molar-refractivity contribution in [1.82, 2.24) is 15.1 Å². The molecule has 1 amide bonds. The van der Waals surface area contributed by atoms with E-state index < -0.39 is 0 Å². The van der Waals surface area contributed by atoms with E-state index in [0.717, 1.165) is 30.7 Å². The topological polar surface area (TPSA) is 67.2 Å². The van der Waals surface area contributed by atoms with Crippen molar-refractivity contribution in [2.75, 3.05) is 13.2 Å². The van der Waals surface area contributed by atoms with Crippen LogP contribution in [0.2, 0.25) is 0 Å². The highest BCUT2D eigenvalue weighted by Gasteiger charge is 2.10. The quantitative estimate of drug-likeness (QED) is 0.708. The second kappa shape index (κ2) is 7.16. The van der Waals surface area contributed by atoms with Gasteiger partial charge in [0.2, 0.25) is 5.91 Å². The summed E-state index contributed by atoms with van der Waals surface area (Å²) < 4.78 is 1.85. The Labute approximate surface area is 108 Å². The Hall–Kier alpha value is -1.36. The van der Waals surface area contributed by atoms with Gasteiger partial charge in [-0.15, -0.1) is 0 Å². The molecule has 5 heteroatoms. The van der Waals surface area contributed by atoms with Gasteiger partial charge in [-0.05, 0) is 38.7 Å². The van der Waals surface area contributed by atoms with Crippen LogP contribution in [-0.2, 0) is 18.3 Å². The molecule has 0 aliphatic carbocycles. The third kappa shape index (κ3) is 4.14. The highest BCUT2D eigenvalue weighted by atomic mass is 16.2. The maximum atomic E-state index is 11.6. The first-order valence-electron chi connectivity index (χ1n) is 6.43. The molecule has 102 valence electrons. The fraction of sp³-hybridized carbons (Fsp3) is 0.692. The van der Waals surface area contributed by atoms with Crippen LogP contribution in [0.25, 0.3) is 0 Å². The van der Waals surface area contributed by atoms with Crippen LogP contribution in [0.4, 0.5) is 0 Å². The molecule has 0 bridgehead atoms. The van der Waals surface area contributed by atoms with Crippen LogP contribution in [0.15, 0.2) is 0 Å². The van der Waals surface area contributed by atoms with Gasteiger partial charge in [-0.25, -0.2) is 0 Å². The zero-order valence-corrected chi connectivity index (χ0v) is 11.5. The Morgan fingerprint density at radius 1 is 1.39 bits per heavy atom. The number of amides is 1. The molecule has 0 radical (unpaired) electrons. The number of carbonyl (C=O) groups is 1. The van der Waals surface area contributed by atoms with Gasteiger partial charge in [0, 0.05) is 32.3 Å². The van der Waals surface area contributed by atoms with Gasteiger partial charge in [0.05, 0.1) is 5.69 Å². The van der Waals surface area contributed by atoms with Crippen LogP contribution in [0.5, 0.6) is 0 Å². The number of aryl methyl sites for hydroxylation is 2. The number of rotatable bonds is 7. The fourth-order valence-electron chi connectivity index (χ4n) is 1.97. The molecule has 0 fully saturated rings. The van der Waals surface area contributed by atoms with Gasteiger partial charge in [0.25, 0.3) is 0 Å². The van der Waals surface area contributed by atoms with E-state index in [1.165, 1.54) is 5.56 Å². The molecule has 0 aromatic carbocycles. The molecule has 0 saturated heterocycles. The molecule has 0 atom stereocenters. The molecule has 1 heterocycles. The SMILES string of the molecule is Cc1nn(C)c(C)c1CCC(=O)NCCCCO. The lowest BCUT2D eigenvalue weighted by atomic mass is 10.1. The second-order valence-electron chi connectivity index (χ2n) is 4.55. The summed E-state index contributed by atoms with van der Waals surface area (Å²) in [4.78, 5) is 11.6. The molecule has 1 aromatic rings. The maximum Gasteiger partial charge on any atom is 0.220 e. The number of carbonyl (C=O) groups excluding carboxylic acids is 1. The molecule has 1 aromatic heterocycles. The lowest BCUT2D eigenvalue weighted by Gasteiger charge is -2.05. The Morgan fingerprint density at radius 2 is 2.11 bits per heavy atom. The average Bonchev–Trinajstić information content (AvgIpc) is 2.57. The first-order chi connectivity index (χ1) is 8.56. The minimum atomic E-state index is 0.0654. The lowest BCUT2D eigenvalue weighted by Crippen LogP contribution is -2.24. The Bertz CT molecular complexity index is 399. The normalized spacial score (nSPS) is 10.7. The fourth-order valence-corrected chi connectivity index (χ4v) is 1.97. The summed E-state index contributed by atoms with van der Waals surface area (Å²) >= 11 is 0. The van der Waals surface area contributed by atoms with Crippen molar-refractivity contribution < 1.29 is 9.90 Å². The lowest BCUT2D eigenvalue weighted by molar-refractivity contribution is -0.121. The number of aromatic nitrogens is 2. The average molecular weight is 253 g/mol. The van der Waals surface area contributed by atoms with Crippen molar-refractivity contribution in [2.24, 2.45) is 7.05 Å². The zero-order valence-electron chi connectivity index (χ0n) is 11.5. The Kier molecular flexibility index (Phi) is 5.85. The third-order valence-electron chi connectivity index (χ3n) is 3.17. The molecule has 5 nitrogen and oxygen atoms in total. The molecule has 0 saturated carbocycles. The van der Waals surface area contributed by atoms with Crippen molar-refractivity contribution in [2.45, 2.75) is 39.5 Å². The predicted octanol–water partition coefficient (Wildman–Crippen LogP) is 0.858. The highest BCUT2D eigenvalue weighted by Crippen LogP contribution is 2.13. The summed E-state index contributed by atoms with van der Waals surface area (Å²) in [6.45, 7) is 4.82. The summed E-state index contributed by atoms with van der Waals surface area (Å²) in [7, 11) is 1.92. The summed E-state index contributed by atoms with van der Waals surface area (Å²) in [6, 6.07) is 0. The maximum absolute atomic E-state index is 11.6. The Morgan fingerprint density at radius 3 is 2.67 bits per heavy atom. The molecule has 1 rings (SSSR count). The van der Waals surface area contributed by atoms with E-state index >= 15 is 0 Å². The summed E-state index contributed by atoms with van der Waals surface area (Å²) in [5, 5.41) is 15.8. The molecule has 0 aliphatic rings. The van der Waals surface area contributed by atoms with Crippen molar-refractivity contribution in [3.05, 3.63) is 17.0 Å². The van der Waals surface area contributed by atoms with Crippen molar-refractivity contribution in [3.63, 3.8) is 0 Å². The van der Waals surface area contributed by atoms with Gasteiger partial charge in [-0.1, -0.05) is 0 Å². The van der Waals surface area contributed by atoms with Gasteiger partial charge in [-0.2, -0.15) is 5.10 Å². The van der Waals surface area contributed by atoms with E-state index in [4.69, 9.17) is 5.11 Å². The van der Waals surface area contributed by atoms with E-state index in [2.05, 4.69) is 10.4 Å². The molecule has 18 heavy (non-hydrogen) atoms. The van der Waals surface area contributed by atoms with Crippen molar-refractivity contribution in [1.29, 1.82) is 0 Å². The first kappa shape index (κ1) is 14.7. The monoisotopic (exact) mass is 253 g/mol. The largest absolute Gasteiger partial charge is 0.396 e. The summed E-state index contributed by atoms with van der Waals surface area (Å²) in [5.41, 5.74) is 3.30. The number of unbranched alkanes of at least 4 members (excludes halogenated alkanes) is 1. The van der Waals surface area contributed by atoms with E-state index in [0.29, 0.717) is 13.0 Å². The van der Waals surface area contributed by atoms with Crippen LogP contribution in [0.3, 0.4) is 0 Å². The summed E-state index contributed by atoms with van der Waals surface area (Å²) in [6.07, 6.45) is 2.79. The minimum absolute atomic E-state index is 0.0654. The van der Waals surface area contributed by atoms with Crippen molar-refractivity contribution >= 4 is 5.91 Å². The van der Waals surface area contributed by atoms with Crippen LogP contribution in [-0.4, -0.2) is 33.9 Å². The number of hydrogen-bond acceptors (Lipinski definition) is 3. The molecule has 0 unspecified atom stereocenters. The van der Waals surface area contributed by atoms with E-state index in [9.17, 15) is 4.79 Å². The third-order valence-corrected chi connectivity index (χ3v) is 3.17. The number of nitrogens with one attached hydrogen (secondary N) is 1. The molecule has 0 spiro atoms. The zero-order chi connectivity index (χ0) is 13.5. The minimum Gasteiger partial charge on any atom is -0.396 e. The molecular weight excluding hydrogens is 230 g/mol. The standard InChI is InChI=1S/C13H23N3O2/c1-10-12(11(2)16(3)15-10)6-7-13(18)14-8-4-5-9-17/h17H,4-9H2,1-3H3,(H,14,18). The summed E-state index contributed by atoms with van der Waals surface area (Å²) in [5.74, 6) is 0.0654. The van der Waals surface area contributed by atoms with E-state index in [1.54, 1.807) is 0 Å². The van der Waals surface area contributed by atoms with E-state index in [1.807, 2.05) is 25.6 Å². The van der Waals surface area contributed by atoms with E-state index in [-0.39, 0.29) is 12.5 Å². The predicted molar refractivity (Wildman–Crippen MR) is 70.3 cm³/mol. The number of nitrogens with zero attached hydrogens (tertiary/aromatic N) is 2. The highest BCUT2D eigenvalue weighted by molar-refractivity contribution is 5.76. The first-order valence-corrected chi connectivity index (χ1v) is 6.43.